The minimum atomic E-state index is -5.38. The van der Waals surface area contributed by atoms with Gasteiger partial charge in [-0.3, -0.25) is 13.6 Å². The van der Waals surface area contributed by atoms with Gasteiger partial charge in [0, 0.05) is 27.8 Å². The molecule has 0 radical (unpaired) electrons. The minimum absolute atomic E-state index is 0. The largest absolute Gasteiger partial charge is 1.00 e. The third-order valence-electron chi connectivity index (χ3n) is 14.4. The number of thioether (sulfide) groups is 1. The fraction of sp³-hybridized carbons (Fsp3) is 0.302. The Labute approximate surface area is 566 Å². The van der Waals surface area contributed by atoms with Crippen LogP contribution in [0.5, 0.6) is 0 Å². The number of aromatic nitrogens is 3. The van der Waals surface area contributed by atoms with E-state index in [-0.39, 0.29) is 137 Å². The monoisotopic (exact) mass is 1310 g/mol. The van der Waals surface area contributed by atoms with Crippen LogP contribution in [0, 0.1) is 28.8 Å². The van der Waals surface area contributed by atoms with Crippen LogP contribution in [0.4, 0.5) is 13.2 Å². The molecule has 89 heavy (non-hydrogen) atoms. The van der Waals surface area contributed by atoms with E-state index in [1.165, 1.54) is 77.7 Å². The molecule has 0 saturated carbocycles. The zero-order chi connectivity index (χ0) is 63.0. The second kappa shape index (κ2) is 34.3. The van der Waals surface area contributed by atoms with Gasteiger partial charge in [0.25, 0.3) is 0 Å². The topological polar surface area (TPSA) is 226 Å². The number of allylic oxidation sites excluding steroid dienone is 2. The Hall–Kier alpha value is -4.64. The van der Waals surface area contributed by atoms with Crippen LogP contribution in [0.15, 0.2) is 165 Å². The summed E-state index contributed by atoms with van der Waals surface area (Å²) in [6.07, 6.45) is 11.3. The van der Waals surface area contributed by atoms with E-state index in [1.807, 2.05) is 24.3 Å². The third kappa shape index (κ3) is 20.9. The van der Waals surface area contributed by atoms with E-state index in [4.69, 9.17) is 37.5 Å². The standard InChI is InChI=1S/C39H34F3N4O8PS.C24H35O5PSi.2Na/c1-25(56-31-20-51-36(52-21-31)11-3-2-6-27-13-12-26(18-43)16-34(27)41)39(22-46-24-44-23-45-46,33-15-14-30(40)17-35(33)42)54-38(47)32-10-5-8-28-7-4-9-29(37(28)32)19-53-55(48,49)50;1-8-16-26-30(25,27-17-9-2)28-18-21-14-10-12-20-13-11-15-22(23(20)21)19-29-31(6,7)24(3,4)5;;/h2-17,23-25,31,36H,19-22H2,1H3,(H2,48,49,50);8-15H,1-2,16-19H2,3-7H3;;/q;;2*+1/p-2/b6-2+,11-3+;;;/t25-,31?,36?,39-;;;/m1.../s1. The van der Waals surface area contributed by atoms with Gasteiger partial charge >= 0.3 is 72.9 Å². The van der Waals surface area contributed by atoms with Crippen LogP contribution in [0.25, 0.3) is 27.6 Å². The van der Waals surface area contributed by atoms with Gasteiger partial charge in [0.1, 0.15) is 30.1 Å². The van der Waals surface area contributed by atoms with Crippen molar-refractivity contribution in [3.8, 4) is 6.07 Å². The van der Waals surface area contributed by atoms with Gasteiger partial charge in [-0.1, -0.05) is 124 Å². The number of carbonyl (C=O) groups is 1. The number of carbonyl (C=O) groups excluding carboxylic acids is 1. The molecule has 1 aliphatic heterocycles. The zero-order valence-electron chi connectivity index (χ0n) is 50.8. The molecule has 1 saturated heterocycles. The molecule has 0 N–H and O–H groups in total. The number of rotatable bonds is 26. The number of phosphoric ester groups is 2. The van der Waals surface area contributed by atoms with Crippen LogP contribution in [0.2, 0.25) is 18.1 Å². The maximum atomic E-state index is 16.0. The first kappa shape index (κ1) is 75.1. The van der Waals surface area contributed by atoms with Crippen molar-refractivity contribution in [2.24, 2.45) is 0 Å². The SMILES string of the molecule is C=CCOP(=O)(OCC=C)OCc1cccc2cccc(CO[Si](C)(C)C(C)(C)C)c12.C[C@@H](SC1COC(/C=C/C=C/c2ccc(C#N)cc2F)OC1)[C@@](Cn1cncn1)(OC(=O)c1cccc2cccc(COP(=O)([O-])[O-])c12)c1ccc(F)cc1F.[Na+].[Na+]. The summed E-state index contributed by atoms with van der Waals surface area (Å²) < 4.78 is 116. The van der Waals surface area contributed by atoms with E-state index < -0.39 is 71.1 Å². The predicted molar refractivity (Wildman–Crippen MR) is 326 cm³/mol. The van der Waals surface area contributed by atoms with Gasteiger partial charge in [-0.25, -0.2) is 32.2 Å². The second-order valence-corrected chi connectivity index (χ2v) is 30.7. The summed E-state index contributed by atoms with van der Waals surface area (Å²) in [6.45, 7) is 20.2. The van der Waals surface area contributed by atoms with Crippen LogP contribution < -0.4 is 68.9 Å². The fourth-order valence-corrected chi connectivity index (χ4v) is 12.7. The van der Waals surface area contributed by atoms with Crippen LogP contribution >= 0.6 is 27.4 Å². The molecule has 6 aromatic carbocycles. The quantitative estimate of drug-likeness (QED) is 0.0170. The molecule has 0 unspecified atom stereocenters. The first-order valence-corrected chi connectivity index (χ1v) is 34.2. The van der Waals surface area contributed by atoms with Gasteiger partial charge in [-0.05, 0) is 94.3 Å². The summed E-state index contributed by atoms with van der Waals surface area (Å²) in [5.41, 5.74) is 0.606. The number of benzene rings is 6. The molecule has 7 aromatic rings. The summed E-state index contributed by atoms with van der Waals surface area (Å²) in [7, 11) is -11.0. The molecule has 1 aliphatic rings. The average molecular weight is 1310 g/mol. The summed E-state index contributed by atoms with van der Waals surface area (Å²) in [6, 6.07) is 30.5. The molecule has 460 valence electrons. The summed E-state index contributed by atoms with van der Waals surface area (Å²) in [5, 5.41) is 14.9. The fourth-order valence-electron chi connectivity index (χ4n) is 8.97. The zero-order valence-corrected chi connectivity index (χ0v) is 58.5. The predicted octanol–water partition coefficient (Wildman–Crippen LogP) is 7.35. The maximum Gasteiger partial charge on any atom is 1.00 e. The molecule has 1 aromatic heterocycles. The molecule has 8 rings (SSSR count). The van der Waals surface area contributed by atoms with Crippen LogP contribution in [-0.2, 0) is 77.8 Å². The van der Waals surface area contributed by atoms with E-state index in [2.05, 4.69) is 79.8 Å². The smallest absolute Gasteiger partial charge is 0.790 e. The van der Waals surface area contributed by atoms with Gasteiger partial charge in [0.15, 0.2) is 20.2 Å². The van der Waals surface area contributed by atoms with Crippen molar-refractivity contribution in [1.82, 2.24) is 14.8 Å². The van der Waals surface area contributed by atoms with Crippen molar-refractivity contribution in [1.29, 1.82) is 5.26 Å². The maximum absolute atomic E-state index is 16.0. The van der Waals surface area contributed by atoms with E-state index in [0.29, 0.717) is 23.6 Å². The number of phosphoric acid groups is 2. The number of fused-ring (bicyclic) bond motifs is 2. The van der Waals surface area contributed by atoms with Crippen LogP contribution in [-0.4, -0.2) is 72.3 Å². The van der Waals surface area contributed by atoms with Crippen LogP contribution in [0.3, 0.4) is 0 Å². The normalized spacial score (nSPS) is 15.7. The van der Waals surface area contributed by atoms with E-state index in [1.54, 1.807) is 49.4 Å². The molecule has 2 atom stereocenters. The molecule has 1 fully saturated rings. The molecule has 2 heterocycles. The summed E-state index contributed by atoms with van der Waals surface area (Å²) in [5.74, 6) is -3.33. The first-order valence-electron chi connectivity index (χ1n) is 27.4. The molecule has 0 spiro atoms. The van der Waals surface area contributed by atoms with Crippen molar-refractivity contribution in [2.75, 3.05) is 26.4 Å². The number of ether oxygens (including phenoxy) is 3. The molecular formula is C63H67F3N4Na2O13P2SSi. The Morgan fingerprint density at radius 2 is 1.42 bits per heavy atom. The molecule has 0 amide bonds. The molecule has 0 bridgehead atoms. The Kier molecular flexibility index (Phi) is 28.9. The molecule has 0 aliphatic carbocycles. The van der Waals surface area contributed by atoms with E-state index in [0.717, 1.165) is 34.0 Å². The Bertz CT molecular complexity index is 3720. The Morgan fingerprint density at radius 1 is 0.820 bits per heavy atom. The number of halogens is 3. The molecular weight excluding hydrogens is 1250 g/mol. The van der Waals surface area contributed by atoms with Gasteiger partial charge in [0.2, 0.25) is 0 Å². The number of hydrogen-bond acceptors (Lipinski definition) is 17. The molecule has 17 nitrogen and oxygen atoms in total. The van der Waals surface area contributed by atoms with Gasteiger partial charge < -0.3 is 37.5 Å². The molecule has 26 heteroatoms. The summed E-state index contributed by atoms with van der Waals surface area (Å²) in [4.78, 5) is 41.1. The van der Waals surface area contributed by atoms with Crippen molar-refractivity contribution >= 4 is 69.3 Å². The first-order chi connectivity index (χ1) is 41.4. The summed E-state index contributed by atoms with van der Waals surface area (Å²) >= 11 is 1.27. The van der Waals surface area contributed by atoms with Gasteiger partial charge in [-0.15, -0.1) is 24.9 Å². The number of hydrogen-bond donors (Lipinski definition) is 0. The van der Waals surface area contributed by atoms with Crippen LogP contribution in [0.1, 0.15) is 71.4 Å². The third-order valence-corrected chi connectivity index (χ3v) is 22.1. The average Bonchev–Trinajstić information content (AvgIpc) is 1.53. The van der Waals surface area contributed by atoms with Gasteiger partial charge in [-0.2, -0.15) is 10.4 Å². The van der Waals surface area contributed by atoms with E-state index >= 15 is 4.39 Å². The Morgan fingerprint density at radius 3 is 1.98 bits per heavy atom. The minimum Gasteiger partial charge on any atom is -0.790 e. The van der Waals surface area contributed by atoms with Gasteiger partial charge in [0.05, 0.1) is 83.1 Å². The van der Waals surface area contributed by atoms with Crippen molar-refractivity contribution < 1.29 is 133 Å². The van der Waals surface area contributed by atoms with Crippen molar-refractivity contribution in [3.63, 3.8) is 0 Å². The van der Waals surface area contributed by atoms with Crippen molar-refractivity contribution in [3.05, 3.63) is 222 Å². The number of esters is 1. The second-order valence-electron chi connectivity index (χ2n) is 21.4. The number of nitriles is 1. The van der Waals surface area contributed by atoms with Crippen molar-refractivity contribution in [2.45, 2.75) is 94.6 Å². The number of nitrogens with zero attached hydrogens (tertiary/aromatic N) is 4. The Balaban J connectivity index is 0.000000372. The van der Waals surface area contributed by atoms with E-state index in [9.17, 15) is 32.5 Å².